The van der Waals surface area contributed by atoms with Crippen LogP contribution in [0.25, 0.3) is 9.75 Å². The van der Waals surface area contributed by atoms with Crippen LogP contribution in [0.5, 0.6) is 0 Å². The van der Waals surface area contributed by atoms with Gasteiger partial charge in [-0.3, -0.25) is 0 Å². The molecule has 0 unspecified atom stereocenters. The fraction of sp³-hybridized carbons (Fsp3) is 0.500. The lowest BCUT2D eigenvalue weighted by Gasteiger charge is -1.94. The van der Waals surface area contributed by atoms with Crippen LogP contribution in [-0.4, -0.2) is 0 Å². The van der Waals surface area contributed by atoms with Crippen molar-refractivity contribution in [2.24, 2.45) is 0 Å². The van der Waals surface area contributed by atoms with Crippen molar-refractivity contribution < 1.29 is 0 Å². The minimum absolute atomic E-state index is 1.25. The second kappa shape index (κ2) is 7.10. The molecular formula is C16H22S2. The lowest BCUT2D eigenvalue weighted by atomic mass is 10.2. The number of unbranched alkanes of at least 4 members (excludes halogenated alkanes) is 2. The predicted octanol–water partition coefficient (Wildman–Crippen LogP) is 6.16. The van der Waals surface area contributed by atoms with Gasteiger partial charge in [0.05, 0.1) is 0 Å². The lowest BCUT2D eigenvalue weighted by Crippen LogP contribution is -1.76. The van der Waals surface area contributed by atoms with Gasteiger partial charge in [-0.2, -0.15) is 0 Å². The third kappa shape index (κ3) is 3.69. The van der Waals surface area contributed by atoms with Crippen LogP contribution in [0.2, 0.25) is 0 Å². The molecule has 0 aliphatic rings. The fourth-order valence-electron chi connectivity index (χ4n) is 1.99. The molecule has 0 amide bonds. The lowest BCUT2D eigenvalue weighted by molar-refractivity contribution is 0.804. The van der Waals surface area contributed by atoms with E-state index in [-0.39, 0.29) is 0 Å². The van der Waals surface area contributed by atoms with Crippen LogP contribution in [-0.2, 0) is 12.8 Å². The maximum Gasteiger partial charge on any atom is 0.0445 e. The van der Waals surface area contributed by atoms with E-state index < -0.39 is 0 Å². The molecule has 0 radical (unpaired) electrons. The zero-order valence-corrected chi connectivity index (χ0v) is 13.0. The number of hydrogen-bond donors (Lipinski definition) is 0. The number of rotatable bonds is 7. The molecule has 0 fully saturated rings. The van der Waals surface area contributed by atoms with Crippen LogP contribution in [0, 0.1) is 0 Å². The average molecular weight is 278 g/mol. The molecule has 2 aromatic heterocycles. The largest absolute Gasteiger partial charge is 0.139 e. The number of aryl methyl sites for hydroxylation is 2. The van der Waals surface area contributed by atoms with Crippen LogP contribution in [0.4, 0.5) is 0 Å². The minimum atomic E-state index is 1.25. The first-order valence-corrected chi connectivity index (χ1v) is 8.64. The van der Waals surface area contributed by atoms with Gasteiger partial charge in [-0.1, -0.05) is 26.7 Å². The Kier molecular flexibility index (Phi) is 5.45. The van der Waals surface area contributed by atoms with Gasteiger partial charge < -0.3 is 0 Å². The molecule has 98 valence electrons. The molecule has 2 rings (SSSR count). The van der Waals surface area contributed by atoms with Gasteiger partial charge in [-0.25, -0.2) is 0 Å². The highest BCUT2D eigenvalue weighted by Gasteiger charge is 2.06. The standard InChI is InChI=1S/C16H22S2/c1-3-5-7-13-9-11-15(17-13)16-12-10-14(18-16)8-6-4-2/h9-12H,3-8H2,1-2H3. The third-order valence-corrected chi connectivity index (χ3v) is 5.61. The molecule has 18 heavy (non-hydrogen) atoms. The van der Waals surface area contributed by atoms with Gasteiger partial charge in [-0.05, 0) is 49.9 Å². The Hall–Kier alpha value is -0.600. The summed E-state index contributed by atoms with van der Waals surface area (Å²) in [6.45, 7) is 4.52. The van der Waals surface area contributed by atoms with E-state index in [1.807, 2.05) is 22.7 Å². The van der Waals surface area contributed by atoms with E-state index in [0.29, 0.717) is 0 Å². The second-order valence-corrected chi connectivity index (χ2v) is 7.08. The van der Waals surface area contributed by atoms with Crippen molar-refractivity contribution in [2.75, 3.05) is 0 Å². The normalized spacial score (nSPS) is 11.0. The molecule has 0 aliphatic carbocycles. The molecule has 0 nitrogen and oxygen atoms in total. The smallest absolute Gasteiger partial charge is 0.0445 e. The maximum absolute atomic E-state index is 2.31. The summed E-state index contributed by atoms with van der Waals surface area (Å²) in [6.07, 6.45) is 7.68. The summed E-state index contributed by atoms with van der Waals surface area (Å²) >= 11 is 3.95. The van der Waals surface area contributed by atoms with Gasteiger partial charge in [0.1, 0.15) is 0 Å². The summed E-state index contributed by atoms with van der Waals surface area (Å²) in [5.41, 5.74) is 0. The molecule has 0 N–H and O–H groups in total. The van der Waals surface area contributed by atoms with Crippen LogP contribution in [0.1, 0.15) is 49.3 Å². The Morgan fingerprint density at radius 2 is 1.17 bits per heavy atom. The predicted molar refractivity (Wildman–Crippen MR) is 84.9 cm³/mol. The van der Waals surface area contributed by atoms with E-state index in [1.54, 1.807) is 0 Å². The van der Waals surface area contributed by atoms with Gasteiger partial charge in [-0.15, -0.1) is 22.7 Å². The van der Waals surface area contributed by atoms with Crippen molar-refractivity contribution >= 4 is 22.7 Å². The van der Waals surface area contributed by atoms with Gasteiger partial charge in [0.25, 0.3) is 0 Å². The first kappa shape index (κ1) is 13.8. The van der Waals surface area contributed by atoms with Crippen molar-refractivity contribution in [1.29, 1.82) is 0 Å². The van der Waals surface area contributed by atoms with Crippen LogP contribution in [0.15, 0.2) is 24.3 Å². The monoisotopic (exact) mass is 278 g/mol. The Labute approximate surface area is 119 Å². The molecule has 2 heterocycles. The molecule has 2 heteroatoms. The average Bonchev–Trinajstić information content (AvgIpc) is 3.02. The van der Waals surface area contributed by atoms with E-state index in [1.165, 1.54) is 58.0 Å². The molecule has 0 saturated heterocycles. The summed E-state index contributed by atoms with van der Waals surface area (Å²) in [4.78, 5) is 5.98. The summed E-state index contributed by atoms with van der Waals surface area (Å²) in [5, 5.41) is 0. The molecule has 0 spiro atoms. The Morgan fingerprint density at radius 1 is 0.722 bits per heavy atom. The van der Waals surface area contributed by atoms with E-state index in [0.717, 1.165) is 0 Å². The maximum atomic E-state index is 2.31. The molecule has 0 aromatic carbocycles. The topological polar surface area (TPSA) is 0 Å². The van der Waals surface area contributed by atoms with Crippen molar-refractivity contribution in [3.63, 3.8) is 0 Å². The number of thiophene rings is 2. The van der Waals surface area contributed by atoms with Gasteiger partial charge in [0, 0.05) is 19.5 Å². The van der Waals surface area contributed by atoms with Crippen molar-refractivity contribution in [3.05, 3.63) is 34.0 Å². The molecule has 2 aromatic rings. The molecule has 0 aliphatic heterocycles. The minimum Gasteiger partial charge on any atom is -0.139 e. The highest BCUT2D eigenvalue weighted by molar-refractivity contribution is 7.22. The summed E-state index contributed by atoms with van der Waals surface area (Å²) in [6, 6.07) is 9.21. The summed E-state index contributed by atoms with van der Waals surface area (Å²) in [5.74, 6) is 0. The zero-order valence-electron chi connectivity index (χ0n) is 11.4. The summed E-state index contributed by atoms with van der Waals surface area (Å²) < 4.78 is 0. The zero-order chi connectivity index (χ0) is 12.8. The van der Waals surface area contributed by atoms with Crippen molar-refractivity contribution in [1.82, 2.24) is 0 Å². The van der Waals surface area contributed by atoms with Crippen LogP contribution >= 0.6 is 22.7 Å². The third-order valence-electron chi connectivity index (χ3n) is 3.12. The number of hydrogen-bond acceptors (Lipinski definition) is 2. The molecule has 0 bridgehead atoms. The Morgan fingerprint density at radius 3 is 1.56 bits per heavy atom. The quantitative estimate of drug-likeness (QED) is 0.569. The molecular weight excluding hydrogens is 256 g/mol. The highest BCUT2D eigenvalue weighted by Crippen LogP contribution is 2.34. The van der Waals surface area contributed by atoms with Gasteiger partial charge >= 0.3 is 0 Å². The van der Waals surface area contributed by atoms with E-state index in [4.69, 9.17) is 0 Å². The molecule has 0 atom stereocenters. The van der Waals surface area contributed by atoms with E-state index in [2.05, 4.69) is 38.1 Å². The van der Waals surface area contributed by atoms with Crippen molar-refractivity contribution in [2.45, 2.75) is 52.4 Å². The SMILES string of the molecule is CCCCc1ccc(-c2ccc(CCCC)s2)s1. The van der Waals surface area contributed by atoms with Gasteiger partial charge in [0.15, 0.2) is 0 Å². The second-order valence-electron chi connectivity index (χ2n) is 4.74. The Balaban J connectivity index is 2.01. The van der Waals surface area contributed by atoms with Gasteiger partial charge in [0.2, 0.25) is 0 Å². The van der Waals surface area contributed by atoms with Crippen LogP contribution < -0.4 is 0 Å². The van der Waals surface area contributed by atoms with Crippen molar-refractivity contribution in [3.8, 4) is 9.75 Å². The van der Waals surface area contributed by atoms with E-state index >= 15 is 0 Å². The fourth-order valence-corrected chi connectivity index (χ4v) is 4.18. The Bertz CT molecular complexity index is 421. The molecule has 0 saturated carbocycles. The summed E-state index contributed by atoms with van der Waals surface area (Å²) in [7, 11) is 0. The first-order valence-electron chi connectivity index (χ1n) is 7.01. The van der Waals surface area contributed by atoms with Crippen LogP contribution in [0.3, 0.4) is 0 Å². The highest BCUT2D eigenvalue weighted by atomic mass is 32.1. The first-order chi connectivity index (χ1) is 8.83. The van der Waals surface area contributed by atoms with E-state index in [9.17, 15) is 0 Å².